The Morgan fingerprint density at radius 3 is 2.30 bits per heavy atom. The second-order valence-corrected chi connectivity index (χ2v) is 7.06. The van der Waals surface area contributed by atoms with Crippen molar-refractivity contribution >= 4 is 0 Å². The van der Waals surface area contributed by atoms with Crippen molar-refractivity contribution in [3.8, 4) is 5.75 Å². The van der Waals surface area contributed by atoms with E-state index in [9.17, 15) is 27.1 Å². The number of alkyl halides is 3. The van der Waals surface area contributed by atoms with Crippen LogP contribution in [-0.2, 0) is 11.8 Å². The first-order chi connectivity index (χ1) is 12.4. The largest absolute Gasteiger partial charge is 0.496 e. The minimum absolute atomic E-state index is 0.180. The Kier molecular flexibility index (Phi) is 5.79. The van der Waals surface area contributed by atoms with E-state index in [0.29, 0.717) is 0 Å². The van der Waals surface area contributed by atoms with Crippen LogP contribution in [0.5, 0.6) is 5.75 Å². The van der Waals surface area contributed by atoms with Gasteiger partial charge in [-0.3, -0.25) is 0 Å². The second kappa shape index (κ2) is 7.42. The average molecular weight is 389 g/mol. The maximum Gasteiger partial charge on any atom is 0.417 e. The van der Waals surface area contributed by atoms with Gasteiger partial charge in [0.25, 0.3) is 0 Å². The fourth-order valence-electron chi connectivity index (χ4n) is 3.15. The molecule has 0 aliphatic rings. The maximum atomic E-state index is 13.7. The lowest BCUT2D eigenvalue weighted by Gasteiger charge is -2.38. The van der Waals surface area contributed by atoms with E-state index in [2.05, 4.69) is 4.98 Å². The lowest BCUT2D eigenvalue weighted by atomic mass is 9.73. The molecule has 0 bridgehead atoms. The van der Waals surface area contributed by atoms with Gasteiger partial charge < -0.3 is 9.84 Å². The highest BCUT2D eigenvalue weighted by Gasteiger charge is 2.56. The van der Waals surface area contributed by atoms with Gasteiger partial charge in [-0.05, 0) is 42.2 Å². The molecule has 3 nitrogen and oxygen atoms in total. The Hall–Kier alpha value is -2.22. The van der Waals surface area contributed by atoms with Crippen molar-refractivity contribution in [2.24, 2.45) is 0 Å². The highest BCUT2D eigenvalue weighted by atomic mass is 19.4. The predicted octanol–water partition coefficient (Wildman–Crippen LogP) is 4.57. The summed E-state index contributed by atoms with van der Waals surface area (Å²) in [5.41, 5.74) is -4.57. The smallest absolute Gasteiger partial charge is 0.417 e. The van der Waals surface area contributed by atoms with Gasteiger partial charge in [0.2, 0.25) is 5.95 Å². The van der Waals surface area contributed by atoms with Crippen molar-refractivity contribution in [3.63, 3.8) is 0 Å². The summed E-state index contributed by atoms with van der Waals surface area (Å²) in [6.07, 6.45) is -6.75. The molecule has 1 unspecified atom stereocenters. The van der Waals surface area contributed by atoms with Gasteiger partial charge in [-0.2, -0.15) is 17.6 Å². The molecule has 1 aromatic carbocycles. The lowest BCUT2D eigenvalue weighted by molar-refractivity contribution is -0.266. The highest BCUT2D eigenvalue weighted by Crippen LogP contribution is 2.44. The van der Waals surface area contributed by atoms with Gasteiger partial charge in [0.05, 0.1) is 7.11 Å². The van der Waals surface area contributed by atoms with E-state index in [1.54, 1.807) is 0 Å². The fraction of sp³-hybridized carbons (Fsp3) is 0.421. The van der Waals surface area contributed by atoms with E-state index in [1.165, 1.54) is 39.2 Å². The standard InChI is InChI=1S/C19H20F5NO2/c1-17(2,14-9-12(20)7-8-15(14)27-3)11-18(26,19(22,23)24)10-13-5-4-6-16(21)25-13/h4-9,26H,10-11H2,1-3H3. The second-order valence-electron chi connectivity index (χ2n) is 7.06. The monoisotopic (exact) mass is 389 g/mol. The van der Waals surface area contributed by atoms with Crippen molar-refractivity contribution in [2.75, 3.05) is 7.11 Å². The normalized spacial score (nSPS) is 14.7. The fourth-order valence-corrected chi connectivity index (χ4v) is 3.15. The third kappa shape index (κ3) is 4.74. The molecule has 148 valence electrons. The summed E-state index contributed by atoms with van der Waals surface area (Å²) in [6, 6.07) is 6.94. The van der Waals surface area contributed by atoms with Gasteiger partial charge in [-0.15, -0.1) is 0 Å². The number of methoxy groups -OCH3 is 1. The molecule has 2 rings (SSSR count). The van der Waals surface area contributed by atoms with Crippen LogP contribution in [0.2, 0.25) is 0 Å². The van der Waals surface area contributed by atoms with Crippen molar-refractivity contribution in [3.05, 3.63) is 59.4 Å². The summed E-state index contributed by atoms with van der Waals surface area (Å²) in [6.45, 7) is 2.89. The number of hydrogen-bond acceptors (Lipinski definition) is 3. The number of ether oxygens (including phenoxy) is 1. The Balaban J connectivity index is 2.45. The molecule has 0 amide bonds. The van der Waals surface area contributed by atoms with Gasteiger partial charge in [-0.1, -0.05) is 19.9 Å². The Labute approximate surface area is 153 Å². The van der Waals surface area contributed by atoms with Crippen LogP contribution in [-0.4, -0.2) is 29.0 Å². The van der Waals surface area contributed by atoms with Crippen LogP contribution in [0.3, 0.4) is 0 Å². The third-order valence-corrected chi connectivity index (χ3v) is 4.40. The molecule has 27 heavy (non-hydrogen) atoms. The molecular formula is C19H20F5NO2. The van der Waals surface area contributed by atoms with Crippen LogP contribution in [0.25, 0.3) is 0 Å². The molecule has 0 aliphatic carbocycles. The van der Waals surface area contributed by atoms with E-state index in [-0.39, 0.29) is 17.0 Å². The molecule has 0 saturated carbocycles. The van der Waals surface area contributed by atoms with Gasteiger partial charge in [-0.25, -0.2) is 9.37 Å². The molecule has 1 N–H and O–H groups in total. The summed E-state index contributed by atoms with van der Waals surface area (Å²) >= 11 is 0. The molecule has 1 atom stereocenters. The Morgan fingerprint density at radius 1 is 1.07 bits per heavy atom. The number of rotatable bonds is 6. The van der Waals surface area contributed by atoms with E-state index < -0.39 is 41.8 Å². The first kappa shape index (κ1) is 21.1. The molecule has 0 fully saturated rings. The molecular weight excluding hydrogens is 369 g/mol. The van der Waals surface area contributed by atoms with E-state index in [0.717, 1.165) is 18.2 Å². The Bertz CT molecular complexity index is 807. The zero-order valence-electron chi connectivity index (χ0n) is 15.1. The maximum absolute atomic E-state index is 13.7. The molecule has 0 saturated heterocycles. The topological polar surface area (TPSA) is 42.4 Å². The molecule has 1 aromatic heterocycles. The number of hydrogen-bond donors (Lipinski definition) is 1. The van der Waals surface area contributed by atoms with Crippen LogP contribution in [0.1, 0.15) is 31.5 Å². The summed E-state index contributed by atoms with van der Waals surface area (Å²) in [5.74, 6) is -1.38. The van der Waals surface area contributed by atoms with Crippen molar-refractivity contribution < 1.29 is 31.8 Å². The number of benzene rings is 1. The lowest BCUT2D eigenvalue weighted by Crippen LogP contribution is -2.51. The number of aromatic nitrogens is 1. The van der Waals surface area contributed by atoms with Crippen molar-refractivity contribution in [1.29, 1.82) is 0 Å². The zero-order valence-corrected chi connectivity index (χ0v) is 15.1. The predicted molar refractivity (Wildman–Crippen MR) is 89.5 cm³/mol. The minimum atomic E-state index is -5.02. The van der Waals surface area contributed by atoms with Crippen LogP contribution in [0, 0.1) is 11.8 Å². The van der Waals surface area contributed by atoms with E-state index in [1.807, 2.05) is 0 Å². The third-order valence-electron chi connectivity index (χ3n) is 4.40. The average Bonchev–Trinajstić information content (AvgIpc) is 2.53. The number of nitrogens with zero attached hydrogens (tertiary/aromatic N) is 1. The van der Waals surface area contributed by atoms with Crippen LogP contribution in [0.15, 0.2) is 36.4 Å². The summed E-state index contributed by atoms with van der Waals surface area (Å²) in [4.78, 5) is 3.41. The zero-order chi connectivity index (χ0) is 20.5. The summed E-state index contributed by atoms with van der Waals surface area (Å²) in [7, 11) is 1.32. The van der Waals surface area contributed by atoms with Crippen molar-refractivity contribution in [2.45, 2.75) is 43.9 Å². The van der Waals surface area contributed by atoms with Gasteiger partial charge in [0, 0.05) is 17.7 Å². The molecule has 8 heteroatoms. The highest BCUT2D eigenvalue weighted by molar-refractivity contribution is 5.40. The summed E-state index contributed by atoms with van der Waals surface area (Å²) in [5, 5.41) is 10.5. The quantitative estimate of drug-likeness (QED) is 0.581. The molecule has 0 radical (unpaired) electrons. The number of halogens is 5. The van der Waals surface area contributed by atoms with Crippen LogP contribution < -0.4 is 4.74 Å². The first-order valence-electron chi connectivity index (χ1n) is 8.12. The van der Waals surface area contributed by atoms with Gasteiger partial charge in [0.15, 0.2) is 5.60 Å². The SMILES string of the molecule is COc1ccc(F)cc1C(C)(C)CC(O)(Cc1cccc(F)n1)C(F)(F)F. The number of pyridine rings is 1. The molecule has 1 heterocycles. The van der Waals surface area contributed by atoms with E-state index in [4.69, 9.17) is 4.74 Å². The summed E-state index contributed by atoms with van der Waals surface area (Å²) < 4.78 is 73.2. The van der Waals surface area contributed by atoms with E-state index >= 15 is 0 Å². The van der Waals surface area contributed by atoms with Crippen molar-refractivity contribution in [1.82, 2.24) is 4.98 Å². The Morgan fingerprint density at radius 2 is 1.74 bits per heavy atom. The molecule has 0 spiro atoms. The van der Waals surface area contributed by atoms with Gasteiger partial charge in [0.1, 0.15) is 11.6 Å². The molecule has 0 aliphatic heterocycles. The first-order valence-corrected chi connectivity index (χ1v) is 8.12. The molecule has 2 aromatic rings. The number of aliphatic hydroxyl groups is 1. The minimum Gasteiger partial charge on any atom is -0.496 e. The van der Waals surface area contributed by atoms with Crippen LogP contribution >= 0.6 is 0 Å². The van der Waals surface area contributed by atoms with Gasteiger partial charge >= 0.3 is 6.18 Å². The van der Waals surface area contributed by atoms with Crippen LogP contribution in [0.4, 0.5) is 22.0 Å².